The first-order valence-electron chi connectivity index (χ1n) is 9.10. The molecule has 1 aromatic heterocycles. The largest absolute Gasteiger partial charge is 0.357 e. The number of hydrogen-bond donors (Lipinski definition) is 2. The number of aromatic nitrogens is 1. The molecule has 156 valence electrons. The Balaban J connectivity index is 0.00000392. The first-order chi connectivity index (χ1) is 12.9. The molecule has 0 aliphatic carbocycles. The summed E-state index contributed by atoms with van der Waals surface area (Å²) in [6, 6.07) is 7.03. The van der Waals surface area contributed by atoms with Crippen LogP contribution in [0, 0.1) is 6.92 Å². The second-order valence-electron chi connectivity index (χ2n) is 6.34. The van der Waals surface area contributed by atoms with Crippen molar-refractivity contribution in [3.63, 3.8) is 0 Å². The van der Waals surface area contributed by atoms with Crippen molar-refractivity contribution in [2.24, 2.45) is 4.99 Å². The quantitative estimate of drug-likeness (QED) is 0.223. The highest BCUT2D eigenvalue weighted by atomic mass is 127. The van der Waals surface area contributed by atoms with Crippen LogP contribution in [0.3, 0.4) is 0 Å². The molecule has 6 nitrogen and oxygen atoms in total. The average Bonchev–Trinajstić information content (AvgIpc) is 3.03. The molecule has 2 N–H and O–H groups in total. The van der Waals surface area contributed by atoms with Gasteiger partial charge in [-0.25, -0.2) is 13.4 Å². The number of rotatable bonds is 9. The Hall–Kier alpha value is -1.20. The summed E-state index contributed by atoms with van der Waals surface area (Å²) in [6.07, 6.45) is 3.94. The van der Waals surface area contributed by atoms with Crippen LogP contribution in [0.25, 0.3) is 0 Å². The van der Waals surface area contributed by atoms with Crippen LogP contribution in [0.1, 0.15) is 29.6 Å². The number of aliphatic imine (C=N–C) groups is 1. The van der Waals surface area contributed by atoms with Gasteiger partial charge < -0.3 is 10.6 Å². The van der Waals surface area contributed by atoms with Gasteiger partial charge in [-0.15, -0.1) is 35.3 Å². The third-order valence-electron chi connectivity index (χ3n) is 3.89. The fourth-order valence-corrected chi connectivity index (χ4v) is 3.96. The van der Waals surface area contributed by atoms with E-state index < -0.39 is 9.84 Å². The maximum atomic E-state index is 11.5. The van der Waals surface area contributed by atoms with Crippen molar-refractivity contribution >= 4 is 51.1 Å². The Morgan fingerprint density at radius 2 is 1.89 bits per heavy atom. The van der Waals surface area contributed by atoms with Gasteiger partial charge in [0.05, 0.1) is 9.90 Å². The molecule has 0 saturated carbocycles. The molecule has 0 fully saturated rings. The number of sulfone groups is 1. The Labute approximate surface area is 189 Å². The standard InChI is InChI=1S/C19H28N4O2S2.HI/c1-4-20-19(21-12-5-6-18-23-15(2)14-26-18)22-13-11-16-7-9-17(10-8-16)27(3,24)25;/h7-10,14H,4-6,11-13H2,1-3H3,(H2,20,21,22);1H. The lowest BCUT2D eigenvalue weighted by Crippen LogP contribution is -2.38. The number of benzene rings is 1. The Morgan fingerprint density at radius 3 is 2.46 bits per heavy atom. The van der Waals surface area contributed by atoms with Crippen LogP contribution in [0.15, 0.2) is 39.5 Å². The lowest BCUT2D eigenvalue weighted by Gasteiger charge is -2.11. The number of halogens is 1. The summed E-state index contributed by atoms with van der Waals surface area (Å²) in [5.41, 5.74) is 2.17. The summed E-state index contributed by atoms with van der Waals surface area (Å²) in [7, 11) is -3.14. The molecular formula is C19H29IN4O2S2. The maximum absolute atomic E-state index is 11.5. The third kappa shape index (κ3) is 8.87. The van der Waals surface area contributed by atoms with Gasteiger partial charge in [-0.1, -0.05) is 12.1 Å². The maximum Gasteiger partial charge on any atom is 0.191 e. The van der Waals surface area contributed by atoms with E-state index in [1.807, 2.05) is 26.0 Å². The molecule has 0 unspecified atom stereocenters. The van der Waals surface area contributed by atoms with Gasteiger partial charge in [0.1, 0.15) is 0 Å². The van der Waals surface area contributed by atoms with Gasteiger partial charge in [0.2, 0.25) is 0 Å². The summed E-state index contributed by atoms with van der Waals surface area (Å²) >= 11 is 1.70. The predicted molar refractivity (Wildman–Crippen MR) is 128 cm³/mol. The zero-order valence-electron chi connectivity index (χ0n) is 16.6. The van der Waals surface area contributed by atoms with E-state index in [9.17, 15) is 8.42 Å². The highest BCUT2D eigenvalue weighted by Gasteiger charge is 2.06. The number of nitrogens with one attached hydrogen (secondary N) is 2. The summed E-state index contributed by atoms with van der Waals surface area (Å²) in [6.45, 7) is 6.34. The fraction of sp³-hybridized carbons (Fsp3) is 0.474. The topological polar surface area (TPSA) is 83.4 Å². The molecule has 1 aromatic carbocycles. The second-order valence-corrected chi connectivity index (χ2v) is 9.30. The van der Waals surface area contributed by atoms with E-state index in [4.69, 9.17) is 0 Å². The van der Waals surface area contributed by atoms with Crippen LogP contribution < -0.4 is 10.6 Å². The van der Waals surface area contributed by atoms with Crippen molar-refractivity contribution < 1.29 is 8.42 Å². The minimum atomic E-state index is -3.14. The SMILES string of the molecule is CCNC(=NCCCc1nc(C)cs1)NCCc1ccc(S(C)(=O)=O)cc1.I. The lowest BCUT2D eigenvalue weighted by molar-refractivity contribution is 0.602. The van der Waals surface area contributed by atoms with E-state index in [1.165, 1.54) is 11.3 Å². The van der Waals surface area contributed by atoms with Crippen molar-refractivity contribution in [1.82, 2.24) is 15.6 Å². The molecule has 1 heterocycles. The molecule has 2 aromatic rings. The van der Waals surface area contributed by atoms with Crippen LogP contribution >= 0.6 is 35.3 Å². The fourth-order valence-electron chi connectivity index (χ4n) is 2.51. The van der Waals surface area contributed by atoms with Gasteiger partial charge in [0.15, 0.2) is 15.8 Å². The first kappa shape index (κ1) is 24.8. The molecule has 9 heteroatoms. The molecule has 0 aliphatic heterocycles. The van der Waals surface area contributed by atoms with Crippen molar-refractivity contribution in [2.45, 2.75) is 38.0 Å². The summed E-state index contributed by atoms with van der Waals surface area (Å²) in [4.78, 5) is 9.43. The highest BCUT2D eigenvalue weighted by molar-refractivity contribution is 14.0. The monoisotopic (exact) mass is 536 g/mol. The van der Waals surface area contributed by atoms with Crippen LogP contribution in [-0.2, 0) is 22.7 Å². The highest BCUT2D eigenvalue weighted by Crippen LogP contribution is 2.11. The van der Waals surface area contributed by atoms with Gasteiger partial charge in [-0.3, -0.25) is 4.99 Å². The van der Waals surface area contributed by atoms with Gasteiger partial charge in [0, 0.05) is 43.4 Å². The van der Waals surface area contributed by atoms with E-state index in [0.29, 0.717) is 4.90 Å². The number of nitrogens with zero attached hydrogens (tertiary/aromatic N) is 2. The number of hydrogen-bond acceptors (Lipinski definition) is 5. The van der Waals surface area contributed by atoms with Gasteiger partial charge in [-0.2, -0.15) is 0 Å². The van der Waals surface area contributed by atoms with Crippen molar-refractivity contribution in [1.29, 1.82) is 0 Å². The number of thiazole rings is 1. The molecule has 0 radical (unpaired) electrons. The molecule has 0 spiro atoms. The van der Waals surface area contributed by atoms with Crippen LogP contribution in [0.4, 0.5) is 0 Å². The van der Waals surface area contributed by atoms with Gasteiger partial charge in [-0.05, 0) is 44.4 Å². The number of guanidine groups is 1. The van der Waals surface area contributed by atoms with E-state index in [1.54, 1.807) is 23.5 Å². The van der Waals surface area contributed by atoms with Gasteiger partial charge in [0.25, 0.3) is 0 Å². The van der Waals surface area contributed by atoms with E-state index >= 15 is 0 Å². The molecule has 0 amide bonds. The minimum Gasteiger partial charge on any atom is -0.357 e. The van der Waals surface area contributed by atoms with Crippen LogP contribution in [0.2, 0.25) is 0 Å². The molecule has 0 aliphatic rings. The molecular weight excluding hydrogens is 507 g/mol. The zero-order chi connectivity index (χ0) is 19.7. The lowest BCUT2D eigenvalue weighted by atomic mass is 10.1. The Morgan fingerprint density at radius 1 is 1.18 bits per heavy atom. The van der Waals surface area contributed by atoms with E-state index in [-0.39, 0.29) is 24.0 Å². The predicted octanol–water partition coefficient (Wildman–Crippen LogP) is 3.20. The van der Waals surface area contributed by atoms with Crippen LogP contribution in [0.5, 0.6) is 0 Å². The molecule has 0 saturated heterocycles. The van der Waals surface area contributed by atoms with Gasteiger partial charge >= 0.3 is 0 Å². The van der Waals surface area contributed by atoms with E-state index in [2.05, 4.69) is 26.0 Å². The summed E-state index contributed by atoms with van der Waals surface area (Å²) in [5, 5.41) is 9.81. The van der Waals surface area contributed by atoms with Crippen molar-refractivity contribution in [3.8, 4) is 0 Å². The molecule has 0 bridgehead atoms. The van der Waals surface area contributed by atoms with Crippen molar-refractivity contribution in [3.05, 3.63) is 45.9 Å². The average molecular weight is 537 g/mol. The number of aryl methyl sites for hydroxylation is 2. The molecule has 28 heavy (non-hydrogen) atoms. The van der Waals surface area contributed by atoms with Crippen molar-refractivity contribution in [2.75, 3.05) is 25.9 Å². The molecule has 2 rings (SSSR count). The van der Waals surface area contributed by atoms with Crippen LogP contribution in [-0.4, -0.2) is 45.3 Å². The molecule has 0 atom stereocenters. The first-order valence-corrected chi connectivity index (χ1v) is 11.9. The summed E-state index contributed by atoms with van der Waals surface area (Å²) < 4.78 is 23.0. The normalized spacial score (nSPS) is 11.8. The third-order valence-corrected chi connectivity index (χ3v) is 6.04. The zero-order valence-corrected chi connectivity index (χ0v) is 20.5. The van der Waals surface area contributed by atoms with E-state index in [0.717, 1.165) is 56.1 Å². The smallest absolute Gasteiger partial charge is 0.191 e. The Kier molecular flexibility index (Phi) is 11.0. The Bertz CT molecular complexity index is 849. The minimum absolute atomic E-state index is 0. The second kappa shape index (κ2) is 12.4. The summed E-state index contributed by atoms with van der Waals surface area (Å²) in [5.74, 6) is 0.806.